The number of carbonyl (C=O) groups is 1. The van der Waals surface area contributed by atoms with E-state index in [1.54, 1.807) is 0 Å². The number of hydrogen-bond donors (Lipinski definition) is 1. The minimum atomic E-state index is -1.38. The van der Waals surface area contributed by atoms with Crippen LogP contribution in [0.5, 0.6) is 0 Å². The number of benzene rings is 4. The Morgan fingerprint density at radius 2 is 1.53 bits per heavy atom. The third-order valence-corrected chi connectivity index (χ3v) is 5.66. The lowest BCUT2D eigenvalue weighted by molar-refractivity contribution is -0.137. The summed E-state index contributed by atoms with van der Waals surface area (Å²) in [7, 11) is 0. The minimum absolute atomic E-state index is 0.258. The summed E-state index contributed by atoms with van der Waals surface area (Å²) in [6, 6.07) is 31.6. The SMILES string of the molecule is O=C1Nc2ccccc2C12ON=C(c1ccccc1)N2c1ccc2ccccc2c1. The predicted molar refractivity (Wildman–Crippen MR) is 117 cm³/mol. The first-order valence-corrected chi connectivity index (χ1v) is 9.79. The number of para-hydroxylation sites is 1. The van der Waals surface area contributed by atoms with E-state index in [1.165, 1.54) is 0 Å². The molecule has 0 fully saturated rings. The van der Waals surface area contributed by atoms with Crippen LogP contribution in [0, 0.1) is 0 Å². The molecule has 4 aromatic rings. The highest BCUT2D eigenvalue weighted by Crippen LogP contribution is 2.47. The second-order valence-electron chi connectivity index (χ2n) is 7.38. The highest BCUT2D eigenvalue weighted by atomic mass is 16.7. The molecule has 5 nitrogen and oxygen atoms in total. The summed E-state index contributed by atoms with van der Waals surface area (Å²) in [5, 5.41) is 9.58. The fourth-order valence-corrected chi connectivity index (χ4v) is 4.26. The van der Waals surface area contributed by atoms with Crippen LogP contribution >= 0.6 is 0 Å². The lowest BCUT2D eigenvalue weighted by Gasteiger charge is -2.32. The van der Waals surface area contributed by atoms with Crippen LogP contribution < -0.4 is 10.2 Å². The molecule has 1 spiro atoms. The Balaban J connectivity index is 1.60. The van der Waals surface area contributed by atoms with Crippen molar-refractivity contribution in [2.24, 2.45) is 5.16 Å². The highest BCUT2D eigenvalue weighted by Gasteiger charge is 2.59. The number of fused-ring (bicyclic) bond motifs is 3. The van der Waals surface area contributed by atoms with Gasteiger partial charge in [-0.1, -0.05) is 84.0 Å². The maximum absolute atomic E-state index is 13.3. The second kappa shape index (κ2) is 6.19. The average molecular weight is 391 g/mol. The van der Waals surface area contributed by atoms with Gasteiger partial charge in [0.2, 0.25) is 0 Å². The van der Waals surface area contributed by atoms with Crippen LogP contribution in [-0.4, -0.2) is 11.7 Å². The van der Waals surface area contributed by atoms with Crippen LogP contribution in [0.15, 0.2) is 102 Å². The van der Waals surface area contributed by atoms with Crippen molar-refractivity contribution in [3.05, 3.63) is 108 Å². The Labute approximate surface area is 173 Å². The number of nitrogens with zero attached hydrogens (tertiary/aromatic N) is 2. The predicted octanol–water partition coefficient (Wildman–Crippen LogP) is 4.84. The van der Waals surface area contributed by atoms with Gasteiger partial charge in [-0.2, -0.15) is 0 Å². The number of hydrogen-bond acceptors (Lipinski definition) is 4. The molecule has 2 aliphatic heterocycles. The number of amides is 1. The molecule has 0 bridgehead atoms. The molecule has 0 saturated carbocycles. The number of anilines is 2. The molecule has 4 aromatic carbocycles. The molecule has 1 atom stereocenters. The van der Waals surface area contributed by atoms with Crippen molar-refractivity contribution in [3.63, 3.8) is 0 Å². The Kier molecular flexibility index (Phi) is 3.47. The summed E-state index contributed by atoms with van der Waals surface area (Å²) in [6.07, 6.45) is 0. The van der Waals surface area contributed by atoms with Crippen molar-refractivity contribution < 1.29 is 9.63 Å². The zero-order chi connectivity index (χ0) is 20.1. The van der Waals surface area contributed by atoms with E-state index in [-0.39, 0.29) is 5.91 Å². The summed E-state index contributed by atoms with van der Waals surface area (Å²) in [5.74, 6) is 0.337. The lowest BCUT2D eigenvalue weighted by Crippen LogP contribution is -2.51. The number of carbonyl (C=O) groups excluding carboxylic acids is 1. The quantitative estimate of drug-likeness (QED) is 0.532. The first kappa shape index (κ1) is 16.8. The first-order chi connectivity index (χ1) is 14.8. The van der Waals surface area contributed by atoms with E-state index in [0.717, 1.165) is 33.3 Å². The zero-order valence-corrected chi connectivity index (χ0v) is 15.9. The summed E-state index contributed by atoms with van der Waals surface area (Å²) in [4.78, 5) is 21.2. The van der Waals surface area contributed by atoms with Crippen LogP contribution in [0.2, 0.25) is 0 Å². The van der Waals surface area contributed by atoms with Crippen molar-refractivity contribution in [3.8, 4) is 0 Å². The van der Waals surface area contributed by atoms with Crippen LogP contribution in [-0.2, 0) is 15.4 Å². The molecule has 0 saturated heterocycles. The van der Waals surface area contributed by atoms with Gasteiger partial charge in [-0.05, 0) is 29.0 Å². The molecule has 144 valence electrons. The van der Waals surface area contributed by atoms with E-state index in [9.17, 15) is 4.79 Å². The molecule has 2 aliphatic rings. The fraction of sp³-hybridized carbons (Fsp3) is 0.0400. The monoisotopic (exact) mass is 391 g/mol. The van der Waals surface area contributed by atoms with Gasteiger partial charge in [-0.3, -0.25) is 9.69 Å². The molecule has 0 radical (unpaired) electrons. The summed E-state index contributed by atoms with van der Waals surface area (Å²) in [5.41, 5.74) is 1.81. The number of nitrogens with one attached hydrogen (secondary N) is 1. The van der Waals surface area contributed by atoms with Gasteiger partial charge in [0.25, 0.3) is 5.91 Å². The summed E-state index contributed by atoms with van der Waals surface area (Å²) < 4.78 is 0. The molecule has 30 heavy (non-hydrogen) atoms. The van der Waals surface area contributed by atoms with Crippen LogP contribution in [0.1, 0.15) is 11.1 Å². The van der Waals surface area contributed by atoms with E-state index in [2.05, 4.69) is 34.7 Å². The van der Waals surface area contributed by atoms with E-state index in [1.807, 2.05) is 77.7 Å². The second-order valence-corrected chi connectivity index (χ2v) is 7.38. The molecule has 0 aromatic heterocycles. The molecule has 5 heteroatoms. The normalized spacial score (nSPS) is 19.5. The largest absolute Gasteiger partial charge is 0.349 e. The fourth-order valence-electron chi connectivity index (χ4n) is 4.26. The summed E-state index contributed by atoms with van der Waals surface area (Å²) in [6.45, 7) is 0. The Hall–Kier alpha value is -4.12. The molecule has 6 rings (SSSR count). The third kappa shape index (κ3) is 2.23. The van der Waals surface area contributed by atoms with Crippen LogP contribution in [0.4, 0.5) is 11.4 Å². The smallest absolute Gasteiger partial charge is 0.322 e. The van der Waals surface area contributed by atoms with Gasteiger partial charge >= 0.3 is 5.72 Å². The standard InChI is InChI=1S/C25H17N3O2/c29-24-25(21-12-6-7-13-22(21)26-24)28(23(27-30-25)18-9-2-1-3-10-18)20-15-14-17-8-4-5-11-19(17)16-20/h1-16H,(H,26,29). The van der Waals surface area contributed by atoms with E-state index >= 15 is 0 Å². The molecular formula is C25H17N3O2. The van der Waals surface area contributed by atoms with E-state index in [4.69, 9.17) is 4.84 Å². The maximum Gasteiger partial charge on any atom is 0.322 e. The van der Waals surface area contributed by atoms with E-state index in [0.29, 0.717) is 5.84 Å². The van der Waals surface area contributed by atoms with Crippen LogP contribution in [0.25, 0.3) is 10.8 Å². The Morgan fingerprint density at radius 1 is 0.800 bits per heavy atom. The van der Waals surface area contributed by atoms with Gasteiger partial charge < -0.3 is 10.2 Å². The van der Waals surface area contributed by atoms with Crippen molar-refractivity contribution in [2.45, 2.75) is 5.72 Å². The zero-order valence-electron chi connectivity index (χ0n) is 15.9. The molecule has 0 aliphatic carbocycles. The molecule has 2 heterocycles. The number of rotatable bonds is 2. The molecule has 1 amide bonds. The van der Waals surface area contributed by atoms with Gasteiger partial charge in [0.1, 0.15) is 0 Å². The minimum Gasteiger partial charge on any atom is -0.349 e. The molecule has 1 N–H and O–H groups in total. The lowest BCUT2D eigenvalue weighted by atomic mass is 9.99. The van der Waals surface area contributed by atoms with Gasteiger partial charge in [0, 0.05) is 11.3 Å². The van der Waals surface area contributed by atoms with Crippen molar-refractivity contribution in [2.75, 3.05) is 10.2 Å². The Morgan fingerprint density at radius 3 is 2.40 bits per heavy atom. The highest BCUT2D eigenvalue weighted by molar-refractivity contribution is 6.19. The molecule has 1 unspecified atom stereocenters. The van der Waals surface area contributed by atoms with Crippen molar-refractivity contribution in [1.29, 1.82) is 0 Å². The first-order valence-electron chi connectivity index (χ1n) is 9.79. The van der Waals surface area contributed by atoms with Gasteiger partial charge in [0.15, 0.2) is 5.84 Å². The van der Waals surface area contributed by atoms with Crippen molar-refractivity contribution >= 4 is 33.9 Å². The van der Waals surface area contributed by atoms with Crippen LogP contribution in [0.3, 0.4) is 0 Å². The maximum atomic E-state index is 13.3. The van der Waals surface area contributed by atoms with Gasteiger partial charge in [-0.15, -0.1) is 0 Å². The van der Waals surface area contributed by atoms with Gasteiger partial charge in [-0.25, -0.2) is 0 Å². The summed E-state index contributed by atoms with van der Waals surface area (Å²) >= 11 is 0. The topological polar surface area (TPSA) is 53.9 Å². The average Bonchev–Trinajstić information content (AvgIpc) is 3.33. The number of oxime groups is 1. The third-order valence-electron chi connectivity index (χ3n) is 5.66. The Bertz CT molecular complexity index is 1330. The van der Waals surface area contributed by atoms with E-state index < -0.39 is 5.72 Å². The van der Waals surface area contributed by atoms with Gasteiger partial charge in [0.05, 0.1) is 11.3 Å². The number of amidine groups is 1. The van der Waals surface area contributed by atoms with Crippen molar-refractivity contribution in [1.82, 2.24) is 0 Å². The molecular weight excluding hydrogens is 374 g/mol.